The number of hydrogen-bond donors (Lipinski definition) is 0. The minimum Gasteiger partial charge on any atom is -0.497 e. The molecule has 6 aromatic carbocycles. The molecular weight excluding hydrogens is 722 g/mol. The summed E-state index contributed by atoms with van der Waals surface area (Å²) < 4.78 is 110. The van der Waals surface area contributed by atoms with Crippen LogP contribution in [0.2, 0.25) is 0 Å². The number of ether oxygens (including phenoxy) is 4. The zero-order valence-corrected chi connectivity index (χ0v) is 29.0. The third-order valence-corrected chi connectivity index (χ3v) is 8.83. The molecule has 0 N–H and O–H groups in total. The average molecular weight is 751 g/mol. The Labute approximate surface area is 312 Å². The summed E-state index contributed by atoms with van der Waals surface area (Å²) in [6.45, 7) is 1.83. The topological polar surface area (TPSA) is 84.5 Å². The molecule has 0 radical (unpaired) electrons. The van der Waals surface area contributed by atoms with Crippen molar-refractivity contribution in [2.75, 3.05) is 7.11 Å². The lowest BCUT2D eigenvalue weighted by molar-refractivity contribution is -0.288. The van der Waals surface area contributed by atoms with Gasteiger partial charge in [0.05, 0.1) is 12.7 Å². The average Bonchev–Trinajstić information content (AvgIpc) is 3.16. The van der Waals surface area contributed by atoms with Crippen LogP contribution in [0.4, 0.5) is 26.3 Å². The van der Waals surface area contributed by atoms with Crippen LogP contribution in [0.25, 0.3) is 11.1 Å². The Kier molecular flexibility index (Phi) is 10.5. The molecule has 0 atom stereocenters. The van der Waals surface area contributed by atoms with Gasteiger partial charge in [-0.25, -0.2) is 0 Å². The SMILES string of the molecule is COc1ccc(C(c2ccc(Oc3cccc(Oc4ccc(-c5ccc(Oc6cccc(C)c6C#N)cc5)cc4)c3C#N)cc2)(C(F)(F)F)C(F)(F)F)cc1. The lowest BCUT2D eigenvalue weighted by atomic mass is 9.73. The van der Waals surface area contributed by atoms with Crippen molar-refractivity contribution in [1.29, 1.82) is 10.5 Å². The molecule has 0 bridgehead atoms. The number of nitrogens with zero attached hydrogens (tertiary/aromatic N) is 2. The molecule has 0 fully saturated rings. The van der Waals surface area contributed by atoms with Crippen LogP contribution in [0.15, 0.2) is 133 Å². The number of halogens is 6. The number of methoxy groups -OCH3 is 1. The van der Waals surface area contributed by atoms with Gasteiger partial charge in [0, 0.05) is 0 Å². The van der Waals surface area contributed by atoms with E-state index < -0.39 is 28.9 Å². The number of nitriles is 2. The molecule has 0 amide bonds. The largest absolute Gasteiger partial charge is 0.497 e. The van der Waals surface area contributed by atoms with E-state index in [0.717, 1.165) is 53.1 Å². The molecule has 0 aromatic heterocycles. The second kappa shape index (κ2) is 15.2. The second-order valence-electron chi connectivity index (χ2n) is 12.2. The van der Waals surface area contributed by atoms with E-state index >= 15 is 0 Å². The first-order valence-corrected chi connectivity index (χ1v) is 16.4. The summed E-state index contributed by atoms with van der Waals surface area (Å²) in [6, 6.07) is 35.1. The van der Waals surface area contributed by atoms with Crippen molar-refractivity contribution in [3.8, 4) is 63.5 Å². The highest BCUT2D eigenvalue weighted by atomic mass is 19.4. The van der Waals surface area contributed by atoms with Crippen molar-refractivity contribution in [3.63, 3.8) is 0 Å². The van der Waals surface area contributed by atoms with E-state index in [0.29, 0.717) is 34.9 Å². The number of rotatable bonds is 10. The third kappa shape index (κ3) is 7.48. The fourth-order valence-electron chi connectivity index (χ4n) is 6.07. The smallest absolute Gasteiger partial charge is 0.411 e. The molecule has 0 spiro atoms. The number of benzene rings is 6. The van der Waals surface area contributed by atoms with Crippen LogP contribution in [-0.2, 0) is 5.41 Å². The molecule has 0 aliphatic heterocycles. The quantitative estimate of drug-likeness (QED) is 0.130. The van der Waals surface area contributed by atoms with E-state index in [1.165, 1.54) is 25.3 Å². The predicted molar refractivity (Wildman–Crippen MR) is 191 cm³/mol. The zero-order valence-electron chi connectivity index (χ0n) is 29.0. The highest BCUT2D eigenvalue weighted by Crippen LogP contribution is 2.56. The van der Waals surface area contributed by atoms with E-state index in [2.05, 4.69) is 6.07 Å². The highest BCUT2D eigenvalue weighted by Gasteiger charge is 2.72. The molecule has 12 heteroatoms. The van der Waals surface area contributed by atoms with Crippen LogP contribution >= 0.6 is 0 Å². The van der Waals surface area contributed by atoms with Crippen LogP contribution in [0.1, 0.15) is 27.8 Å². The summed E-state index contributed by atoms with van der Waals surface area (Å²) in [4.78, 5) is 0. The van der Waals surface area contributed by atoms with Crippen LogP contribution < -0.4 is 18.9 Å². The van der Waals surface area contributed by atoms with Crippen molar-refractivity contribution in [2.45, 2.75) is 24.7 Å². The van der Waals surface area contributed by atoms with Gasteiger partial charge in [0.2, 0.25) is 5.41 Å². The Morgan fingerprint density at radius 1 is 0.455 bits per heavy atom. The summed E-state index contributed by atoms with van der Waals surface area (Å²) in [5, 5.41) is 19.5. The Hall–Kier alpha value is -6.92. The van der Waals surface area contributed by atoms with Crippen molar-refractivity contribution in [1.82, 2.24) is 0 Å². The van der Waals surface area contributed by atoms with Gasteiger partial charge in [0.1, 0.15) is 57.9 Å². The molecule has 0 saturated heterocycles. The maximum Gasteiger partial charge on any atom is 0.411 e. The Bertz CT molecular complexity index is 2360. The Morgan fingerprint density at radius 3 is 1.16 bits per heavy atom. The normalized spacial score (nSPS) is 11.6. The van der Waals surface area contributed by atoms with Gasteiger partial charge in [-0.05, 0) is 101 Å². The van der Waals surface area contributed by atoms with E-state index in [1.54, 1.807) is 42.5 Å². The van der Waals surface area contributed by atoms with Crippen molar-refractivity contribution in [3.05, 3.63) is 161 Å². The fraction of sp³-hybridized carbons (Fsp3) is 0.116. The van der Waals surface area contributed by atoms with Crippen molar-refractivity contribution < 1.29 is 45.3 Å². The van der Waals surface area contributed by atoms with E-state index in [9.17, 15) is 36.9 Å². The molecule has 6 rings (SSSR count). The molecule has 276 valence electrons. The minimum absolute atomic E-state index is 0.0349. The summed E-state index contributed by atoms with van der Waals surface area (Å²) in [5.41, 5.74) is -3.54. The van der Waals surface area contributed by atoms with Crippen LogP contribution in [0.3, 0.4) is 0 Å². The molecular formula is C43H28F6N2O4. The summed E-state index contributed by atoms with van der Waals surface area (Å²) in [7, 11) is 1.24. The monoisotopic (exact) mass is 750 g/mol. The second-order valence-corrected chi connectivity index (χ2v) is 12.2. The summed E-state index contributed by atoms with van der Waals surface area (Å²) in [6.07, 6.45) is -11.5. The lowest BCUT2D eigenvalue weighted by Crippen LogP contribution is -2.54. The van der Waals surface area contributed by atoms with E-state index in [1.807, 2.05) is 37.3 Å². The van der Waals surface area contributed by atoms with Gasteiger partial charge < -0.3 is 18.9 Å². The number of alkyl halides is 6. The molecule has 0 unspecified atom stereocenters. The van der Waals surface area contributed by atoms with Gasteiger partial charge in [0.25, 0.3) is 0 Å². The van der Waals surface area contributed by atoms with Crippen molar-refractivity contribution in [2.24, 2.45) is 0 Å². The molecule has 0 aliphatic carbocycles. The molecule has 6 aromatic rings. The van der Waals surface area contributed by atoms with Gasteiger partial charge in [-0.3, -0.25) is 0 Å². The molecule has 55 heavy (non-hydrogen) atoms. The van der Waals surface area contributed by atoms with Gasteiger partial charge in [-0.2, -0.15) is 36.9 Å². The van der Waals surface area contributed by atoms with Gasteiger partial charge >= 0.3 is 12.4 Å². The number of aryl methyl sites for hydroxylation is 1. The molecule has 6 nitrogen and oxygen atoms in total. The van der Waals surface area contributed by atoms with Crippen LogP contribution in [-0.4, -0.2) is 19.5 Å². The maximum atomic E-state index is 14.6. The first kappa shape index (κ1) is 37.8. The van der Waals surface area contributed by atoms with Crippen LogP contribution in [0, 0.1) is 29.6 Å². The van der Waals surface area contributed by atoms with E-state index in [-0.39, 0.29) is 28.6 Å². The maximum absolute atomic E-state index is 14.6. The first-order chi connectivity index (χ1) is 26.3. The Balaban J connectivity index is 1.20. The minimum atomic E-state index is -5.77. The van der Waals surface area contributed by atoms with Crippen molar-refractivity contribution >= 4 is 0 Å². The lowest BCUT2D eigenvalue weighted by Gasteiger charge is -2.38. The summed E-state index contributed by atoms with van der Waals surface area (Å²) in [5.74, 6) is 1.43. The van der Waals surface area contributed by atoms with Gasteiger partial charge in [0.15, 0.2) is 0 Å². The fourth-order valence-corrected chi connectivity index (χ4v) is 6.07. The number of hydrogen-bond acceptors (Lipinski definition) is 6. The molecule has 0 aliphatic rings. The predicted octanol–water partition coefficient (Wildman–Crippen LogP) is 12.2. The van der Waals surface area contributed by atoms with Crippen LogP contribution in [0.5, 0.6) is 40.2 Å². The van der Waals surface area contributed by atoms with Gasteiger partial charge in [-0.15, -0.1) is 0 Å². The highest BCUT2D eigenvalue weighted by molar-refractivity contribution is 5.65. The summed E-state index contributed by atoms with van der Waals surface area (Å²) >= 11 is 0. The van der Waals surface area contributed by atoms with E-state index in [4.69, 9.17) is 18.9 Å². The Morgan fingerprint density at radius 2 is 0.800 bits per heavy atom. The zero-order chi connectivity index (χ0) is 39.4. The standard InChI is InChI=1S/C43H28F6N2O4/c1-27-5-3-6-38(36(27)25-50)53-33-17-9-28(10-18-33)29-11-19-34(20-12-29)54-39-7-4-8-40(37(39)26-51)55-35-23-15-31(16-24-35)41(42(44,45)46,43(47,48)49)30-13-21-32(52-2)22-14-30/h3-24H,1-2H3. The van der Waals surface area contributed by atoms with Gasteiger partial charge in [-0.1, -0.05) is 66.7 Å². The third-order valence-electron chi connectivity index (χ3n) is 8.83. The first-order valence-electron chi connectivity index (χ1n) is 16.4. The molecule has 0 saturated carbocycles. The molecule has 0 heterocycles.